The molecule has 0 spiro atoms. The fourth-order valence-electron chi connectivity index (χ4n) is 4.35. The molecule has 0 saturated carbocycles. The summed E-state index contributed by atoms with van der Waals surface area (Å²) in [5, 5.41) is 3.27. The molecule has 5 heteroatoms. The first-order chi connectivity index (χ1) is 17.2. The fourth-order valence-corrected chi connectivity index (χ4v) is 4.35. The Morgan fingerprint density at radius 3 is 2.25 bits per heavy atom. The molecule has 0 radical (unpaired) electrons. The van der Waals surface area contributed by atoms with Gasteiger partial charge in [0, 0.05) is 12.0 Å². The number of hydrogen-bond acceptors (Lipinski definition) is 4. The summed E-state index contributed by atoms with van der Waals surface area (Å²) in [6.07, 6.45) is 1.43. The summed E-state index contributed by atoms with van der Waals surface area (Å²) >= 11 is 0. The predicted molar refractivity (Wildman–Crippen MR) is 143 cm³/mol. The maximum atomic E-state index is 13.7. The molecule has 190 valence electrons. The van der Waals surface area contributed by atoms with Gasteiger partial charge in [-0.05, 0) is 61.4 Å². The Bertz CT molecular complexity index is 1150. The Hall–Kier alpha value is -3.60. The summed E-state index contributed by atoms with van der Waals surface area (Å²) in [5.74, 6) is 0.525. The predicted octanol–water partition coefficient (Wildman–Crippen LogP) is 6.51. The van der Waals surface area contributed by atoms with Crippen LogP contribution in [0, 0.1) is 19.8 Å². The molecule has 3 aromatic rings. The first-order valence-corrected chi connectivity index (χ1v) is 12.5. The molecule has 0 unspecified atom stereocenters. The number of carbonyl (C=O) groups excluding carboxylic acids is 2. The highest BCUT2D eigenvalue weighted by atomic mass is 16.5. The molecule has 3 aromatic carbocycles. The number of methoxy groups -OCH3 is 1. The highest BCUT2D eigenvalue weighted by Gasteiger charge is 2.21. The number of esters is 1. The summed E-state index contributed by atoms with van der Waals surface area (Å²) in [7, 11) is 1.37. The molecular formula is C31H37NO4. The number of rotatable bonds is 11. The summed E-state index contributed by atoms with van der Waals surface area (Å²) in [5.41, 5.74) is 5.79. The maximum absolute atomic E-state index is 13.7. The number of carbonyl (C=O) groups is 2. The van der Waals surface area contributed by atoms with Crippen molar-refractivity contribution in [3.05, 3.63) is 100 Å². The van der Waals surface area contributed by atoms with E-state index in [1.807, 2.05) is 42.5 Å². The van der Waals surface area contributed by atoms with Gasteiger partial charge in [0.15, 0.2) is 0 Å². The minimum Gasteiger partial charge on any atom is -0.489 e. The Balaban J connectivity index is 1.88. The van der Waals surface area contributed by atoms with Gasteiger partial charge in [0.25, 0.3) is 5.91 Å². The van der Waals surface area contributed by atoms with Crippen LogP contribution in [0.5, 0.6) is 5.75 Å². The van der Waals surface area contributed by atoms with Crippen molar-refractivity contribution in [2.45, 2.75) is 59.6 Å². The van der Waals surface area contributed by atoms with Crippen molar-refractivity contribution in [3.63, 3.8) is 0 Å². The van der Waals surface area contributed by atoms with Crippen molar-refractivity contribution in [1.29, 1.82) is 0 Å². The van der Waals surface area contributed by atoms with Crippen molar-refractivity contribution in [1.82, 2.24) is 5.32 Å². The Morgan fingerprint density at radius 1 is 0.917 bits per heavy atom. The van der Waals surface area contributed by atoms with Crippen LogP contribution in [-0.2, 0) is 22.6 Å². The van der Waals surface area contributed by atoms with Crippen LogP contribution in [0.15, 0.2) is 66.7 Å². The second-order valence-corrected chi connectivity index (χ2v) is 9.75. The minimum atomic E-state index is -0.307. The third-order valence-corrected chi connectivity index (χ3v) is 6.06. The van der Waals surface area contributed by atoms with E-state index in [0.717, 1.165) is 23.1 Å². The molecule has 0 heterocycles. The number of amides is 1. The van der Waals surface area contributed by atoms with Crippen LogP contribution in [0.1, 0.15) is 70.9 Å². The van der Waals surface area contributed by atoms with Crippen molar-refractivity contribution in [2.75, 3.05) is 7.11 Å². The highest BCUT2D eigenvalue weighted by Crippen LogP contribution is 2.26. The van der Waals surface area contributed by atoms with Crippen molar-refractivity contribution in [3.8, 4) is 5.75 Å². The smallest absolute Gasteiger partial charge is 0.305 e. The topological polar surface area (TPSA) is 64.6 Å². The van der Waals surface area contributed by atoms with E-state index in [9.17, 15) is 9.59 Å². The van der Waals surface area contributed by atoms with Crippen molar-refractivity contribution in [2.24, 2.45) is 5.92 Å². The quantitative estimate of drug-likeness (QED) is 0.313. The van der Waals surface area contributed by atoms with Crippen molar-refractivity contribution >= 4 is 11.9 Å². The van der Waals surface area contributed by atoms with Gasteiger partial charge in [0.2, 0.25) is 0 Å². The normalized spacial score (nSPS) is 11.7. The standard InChI is InChI=1S/C31H37NO4/c1-21(2)15-29(26-17-22(3)16-23(4)18-26)32-31(34)28-19-27(36-20-24-9-7-6-8-10-24)13-11-25(28)12-14-30(33)35-5/h6-11,13,16-19,21,29H,12,14-15,20H2,1-5H3,(H,32,34)/t29-/m1/s1. The fraction of sp³-hybridized carbons (Fsp3) is 0.355. The molecule has 0 aliphatic rings. The van der Waals surface area contributed by atoms with Crippen LogP contribution in [0.2, 0.25) is 0 Å². The molecule has 36 heavy (non-hydrogen) atoms. The Kier molecular flexibility index (Phi) is 9.69. The molecule has 0 aromatic heterocycles. The molecule has 1 amide bonds. The molecule has 0 aliphatic heterocycles. The average Bonchev–Trinajstić information content (AvgIpc) is 2.85. The zero-order valence-corrected chi connectivity index (χ0v) is 22.0. The third-order valence-electron chi connectivity index (χ3n) is 6.06. The molecule has 1 N–H and O–H groups in total. The molecule has 5 nitrogen and oxygen atoms in total. The lowest BCUT2D eigenvalue weighted by molar-refractivity contribution is -0.140. The molecule has 0 bridgehead atoms. The monoisotopic (exact) mass is 487 g/mol. The van der Waals surface area contributed by atoms with Gasteiger partial charge in [-0.1, -0.05) is 79.6 Å². The number of hydrogen-bond donors (Lipinski definition) is 1. The van der Waals surface area contributed by atoms with E-state index in [1.165, 1.54) is 18.2 Å². The SMILES string of the molecule is COC(=O)CCc1ccc(OCc2ccccc2)cc1C(=O)N[C@H](CC(C)C)c1cc(C)cc(C)c1. The summed E-state index contributed by atoms with van der Waals surface area (Å²) in [4.78, 5) is 25.5. The van der Waals surface area contributed by atoms with Gasteiger partial charge in [0.05, 0.1) is 13.2 Å². The molecular weight excluding hydrogens is 450 g/mol. The average molecular weight is 488 g/mol. The maximum Gasteiger partial charge on any atom is 0.305 e. The minimum absolute atomic E-state index is 0.126. The van der Waals surface area contributed by atoms with Crippen LogP contribution >= 0.6 is 0 Å². The Morgan fingerprint density at radius 2 is 1.61 bits per heavy atom. The second-order valence-electron chi connectivity index (χ2n) is 9.75. The summed E-state index contributed by atoms with van der Waals surface area (Å²) in [6, 6.07) is 21.7. The first kappa shape index (κ1) is 27.0. The van der Waals surface area contributed by atoms with Gasteiger partial charge >= 0.3 is 5.97 Å². The zero-order valence-electron chi connectivity index (χ0n) is 22.0. The summed E-state index contributed by atoms with van der Waals surface area (Å²) in [6.45, 7) is 8.86. The summed E-state index contributed by atoms with van der Waals surface area (Å²) < 4.78 is 10.8. The molecule has 0 saturated heterocycles. The molecule has 3 rings (SSSR count). The van der Waals surface area contributed by atoms with Crippen LogP contribution in [0.25, 0.3) is 0 Å². The number of benzene rings is 3. The number of ether oxygens (including phenoxy) is 2. The van der Waals surface area contributed by atoms with Crippen LogP contribution in [0.3, 0.4) is 0 Å². The van der Waals surface area contributed by atoms with Gasteiger partial charge in [0.1, 0.15) is 12.4 Å². The van der Waals surface area contributed by atoms with Crippen LogP contribution < -0.4 is 10.1 Å². The van der Waals surface area contributed by atoms with Crippen molar-refractivity contribution < 1.29 is 19.1 Å². The van der Waals surface area contributed by atoms with Gasteiger partial charge < -0.3 is 14.8 Å². The van der Waals surface area contributed by atoms with Crippen LogP contribution in [0.4, 0.5) is 0 Å². The second kappa shape index (κ2) is 12.9. The van der Waals surface area contributed by atoms with E-state index in [0.29, 0.717) is 30.3 Å². The van der Waals surface area contributed by atoms with Gasteiger partial charge in [-0.2, -0.15) is 0 Å². The van der Waals surface area contributed by atoms with Crippen LogP contribution in [-0.4, -0.2) is 19.0 Å². The number of aryl methyl sites for hydroxylation is 3. The molecule has 0 aliphatic carbocycles. The molecule has 1 atom stereocenters. The number of nitrogens with one attached hydrogen (secondary N) is 1. The van der Waals surface area contributed by atoms with E-state index in [4.69, 9.17) is 9.47 Å². The lowest BCUT2D eigenvalue weighted by Crippen LogP contribution is -2.30. The van der Waals surface area contributed by atoms with E-state index < -0.39 is 0 Å². The largest absolute Gasteiger partial charge is 0.489 e. The van der Waals surface area contributed by atoms with E-state index >= 15 is 0 Å². The zero-order chi connectivity index (χ0) is 26.1. The van der Waals surface area contributed by atoms with Gasteiger partial charge in [-0.3, -0.25) is 9.59 Å². The van der Waals surface area contributed by atoms with Gasteiger partial charge in [-0.15, -0.1) is 0 Å². The van der Waals surface area contributed by atoms with E-state index in [-0.39, 0.29) is 24.3 Å². The van der Waals surface area contributed by atoms with Gasteiger partial charge in [-0.25, -0.2) is 0 Å². The van der Waals surface area contributed by atoms with E-state index in [2.05, 4.69) is 51.2 Å². The lowest BCUT2D eigenvalue weighted by Gasteiger charge is -2.23. The lowest BCUT2D eigenvalue weighted by atomic mass is 9.93. The third kappa shape index (κ3) is 7.98. The first-order valence-electron chi connectivity index (χ1n) is 12.5. The molecule has 0 fully saturated rings. The van der Waals surface area contributed by atoms with E-state index in [1.54, 1.807) is 6.07 Å². The highest BCUT2D eigenvalue weighted by molar-refractivity contribution is 5.96. The Labute approximate surface area is 214 Å².